The zero-order valence-electron chi connectivity index (χ0n) is 18.3. The number of nitrogens with zero attached hydrogens (tertiary/aromatic N) is 1. The molecule has 3 aliphatic rings. The molecule has 1 nitrogen and oxygen atoms in total. The van der Waals surface area contributed by atoms with Gasteiger partial charge in [0.2, 0.25) is 0 Å². The highest BCUT2D eigenvalue weighted by Gasteiger charge is 2.38. The molecule has 3 aliphatic heterocycles. The van der Waals surface area contributed by atoms with Crippen LogP contribution in [0.2, 0.25) is 0 Å². The van der Waals surface area contributed by atoms with Crippen LogP contribution in [-0.2, 0) is 0 Å². The van der Waals surface area contributed by atoms with Crippen molar-refractivity contribution in [3.8, 4) is 0 Å². The van der Waals surface area contributed by atoms with Gasteiger partial charge in [0.05, 0.1) is 26.2 Å². The van der Waals surface area contributed by atoms with Gasteiger partial charge in [-0.15, -0.1) is 0 Å². The Morgan fingerprint density at radius 1 is 0.500 bits per heavy atom. The fourth-order valence-corrected chi connectivity index (χ4v) is 5.47. The summed E-state index contributed by atoms with van der Waals surface area (Å²) >= 11 is 0. The van der Waals surface area contributed by atoms with Gasteiger partial charge >= 0.3 is 0 Å². The summed E-state index contributed by atoms with van der Waals surface area (Å²) in [6.07, 6.45) is 28.4. The number of rotatable bonds is 17. The van der Waals surface area contributed by atoms with Gasteiger partial charge in [0.1, 0.15) is 0 Å². The van der Waals surface area contributed by atoms with Crippen molar-refractivity contribution in [2.24, 2.45) is 5.92 Å². The van der Waals surface area contributed by atoms with Gasteiger partial charge in [-0.05, 0) is 38.0 Å². The van der Waals surface area contributed by atoms with Crippen molar-refractivity contribution < 1.29 is 4.48 Å². The molecule has 154 valence electrons. The Balaban J connectivity index is 1.27. The standard InChI is InChI=1S/C25H50N/c1-2-3-4-5-6-7-8-9-10-11-12-13-14-15-16-17-21-26-22-18-25(19-23-26)20-24-26/h25H,2-24H2,1H3/q+1. The summed E-state index contributed by atoms with van der Waals surface area (Å²) in [4.78, 5) is 0. The minimum Gasteiger partial charge on any atom is -0.324 e. The third-order valence-electron chi connectivity index (χ3n) is 7.52. The lowest BCUT2D eigenvalue weighted by atomic mass is 9.85. The molecule has 3 rings (SSSR count). The molecule has 0 atom stereocenters. The number of hydrogen-bond acceptors (Lipinski definition) is 0. The Hall–Kier alpha value is -0.0400. The number of fused-ring (bicyclic) bond motifs is 3. The van der Waals surface area contributed by atoms with Crippen LogP contribution in [0, 0.1) is 5.92 Å². The third-order valence-corrected chi connectivity index (χ3v) is 7.52. The number of unbranched alkanes of at least 4 members (excludes halogenated alkanes) is 15. The molecule has 0 aromatic carbocycles. The molecule has 2 bridgehead atoms. The average Bonchev–Trinajstić information content (AvgIpc) is 2.69. The first-order chi connectivity index (χ1) is 12.8. The van der Waals surface area contributed by atoms with Crippen molar-refractivity contribution in [1.29, 1.82) is 0 Å². The van der Waals surface area contributed by atoms with Gasteiger partial charge in [0, 0.05) is 0 Å². The molecule has 0 amide bonds. The van der Waals surface area contributed by atoms with Gasteiger partial charge in [-0.2, -0.15) is 0 Å². The van der Waals surface area contributed by atoms with Crippen LogP contribution in [-0.4, -0.2) is 30.7 Å². The first kappa shape index (κ1) is 22.3. The molecule has 3 heterocycles. The van der Waals surface area contributed by atoms with Gasteiger partial charge in [-0.3, -0.25) is 0 Å². The van der Waals surface area contributed by atoms with E-state index in [1.807, 2.05) is 0 Å². The summed E-state index contributed by atoms with van der Waals surface area (Å²) in [6, 6.07) is 0. The molecule has 3 fully saturated rings. The van der Waals surface area contributed by atoms with Crippen molar-refractivity contribution in [2.75, 3.05) is 26.2 Å². The zero-order valence-corrected chi connectivity index (χ0v) is 18.3. The van der Waals surface area contributed by atoms with Gasteiger partial charge in [-0.1, -0.05) is 96.8 Å². The van der Waals surface area contributed by atoms with Crippen molar-refractivity contribution in [2.45, 2.75) is 129 Å². The van der Waals surface area contributed by atoms with E-state index >= 15 is 0 Å². The monoisotopic (exact) mass is 364 g/mol. The SMILES string of the molecule is CCCCCCCCCCCCCCCCCC[N+]12CCC(CC1)CC2. The second-order valence-corrected chi connectivity index (χ2v) is 9.77. The first-order valence-electron chi connectivity index (χ1n) is 12.7. The second kappa shape index (κ2) is 14.0. The van der Waals surface area contributed by atoms with Gasteiger partial charge in [-0.25, -0.2) is 0 Å². The van der Waals surface area contributed by atoms with E-state index in [9.17, 15) is 0 Å². The highest BCUT2D eigenvalue weighted by molar-refractivity contribution is 4.71. The molecule has 3 saturated heterocycles. The Morgan fingerprint density at radius 2 is 0.846 bits per heavy atom. The maximum absolute atomic E-state index is 2.31. The molecular weight excluding hydrogens is 314 g/mol. The van der Waals surface area contributed by atoms with E-state index in [-0.39, 0.29) is 0 Å². The van der Waals surface area contributed by atoms with Crippen LogP contribution in [0.1, 0.15) is 129 Å². The first-order valence-corrected chi connectivity index (χ1v) is 12.7. The van der Waals surface area contributed by atoms with Crippen LogP contribution >= 0.6 is 0 Å². The summed E-state index contributed by atoms with van der Waals surface area (Å²) in [6.45, 7) is 8.36. The highest BCUT2D eigenvalue weighted by atomic mass is 15.4. The topological polar surface area (TPSA) is 0 Å². The third kappa shape index (κ3) is 9.25. The smallest absolute Gasteiger partial charge is 0.0789 e. The second-order valence-electron chi connectivity index (χ2n) is 9.77. The normalized spacial score (nSPS) is 25.0. The van der Waals surface area contributed by atoms with Gasteiger partial charge in [0.25, 0.3) is 0 Å². The summed E-state index contributed by atoms with van der Waals surface area (Å²) < 4.78 is 1.51. The van der Waals surface area contributed by atoms with Crippen LogP contribution in [0.15, 0.2) is 0 Å². The van der Waals surface area contributed by atoms with Gasteiger partial charge < -0.3 is 4.48 Å². The van der Waals surface area contributed by atoms with Crippen LogP contribution in [0.25, 0.3) is 0 Å². The molecule has 0 aliphatic carbocycles. The van der Waals surface area contributed by atoms with Crippen molar-refractivity contribution in [3.05, 3.63) is 0 Å². The predicted octanol–water partition coefficient (Wildman–Crippen LogP) is 7.88. The summed E-state index contributed by atoms with van der Waals surface area (Å²) in [5, 5.41) is 0. The lowest BCUT2D eigenvalue weighted by molar-refractivity contribution is -0.942. The minimum absolute atomic E-state index is 1.11. The lowest BCUT2D eigenvalue weighted by Gasteiger charge is -2.49. The lowest BCUT2D eigenvalue weighted by Crippen LogP contribution is -2.58. The molecule has 0 N–H and O–H groups in total. The molecule has 26 heavy (non-hydrogen) atoms. The Labute approximate surface area is 165 Å². The van der Waals surface area contributed by atoms with E-state index in [1.54, 1.807) is 19.3 Å². The molecule has 1 heteroatoms. The van der Waals surface area contributed by atoms with E-state index in [0.29, 0.717) is 0 Å². The van der Waals surface area contributed by atoms with Crippen molar-refractivity contribution in [3.63, 3.8) is 0 Å². The fraction of sp³-hybridized carbons (Fsp3) is 1.00. The minimum atomic E-state index is 1.11. The summed E-state index contributed by atoms with van der Waals surface area (Å²) in [7, 11) is 0. The average molecular weight is 365 g/mol. The van der Waals surface area contributed by atoms with Crippen molar-refractivity contribution in [1.82, 2.24) is 0 Å². The summed E-state index contributed by atoms with van der Waals surface area (Å²) in [5.41, 5.74) is 0. The van der Waals surface area contributed by atoms with E-state index in [4.69, 9.17) is 0 Å². The van der Waals surface area contributed by atoms with Crippen LogP contribution in [0.4, 0.5) is 0 Å². The Morgan fingerprint density at radius 3 is 1.23 bits per heavy atom. The Bertz CT molecular complexity index is 302. The fourth-order valence-electron chi connectivity index (χ4n) is 5.47. The largest absolute Gasteiger partial charge is 0.324 e. The quantitative estimate of drug-likeness (QED) is 0.182. The van der Waals surface area contributed by atoms with Crippen molar-refractivity contribution >= 4 is 0 Å². The molecule has 0 saturated carbocycles. The van der Waals surface area contributed by atoms with E-state index in [1.165, 1.54) is 133 Å². The maximum atomic E-state index is 2.31. The molecule has 0 unspecified atom stereocenters. The summed E-state index contributed by atoms with van der Waals surface area (Å²) in [5.74, 6) is 1.11. The van der Waals surface area contributed by atoms with E-state index < -0.39 is 0 Å². The predicted molar refractivity (Wildman–Crippen MR) is 117 cm³/mol. The van der Waals surface area contributed by atoms with Crippen LogP contribution in [0.5, 0.6) is 0 Å². The van der Waals surface area contributed by atoms with Crippen LogP contribution in [0.3, 0.4) is 0 Å². The van der Waals surface area contributed by atoms with Gasteiger partial charge in [0.15, 0.2) is 0 Å². The number of quaternary nitrogens is 1. The molecule has 0 aromatic heterocycles. The molecule has 0 radical (unpaired) electrons. The zero-order chi connectivity index (χ0) is 18.3. The van der Waals surface area contributed by atoms with E-state index in [2.05, 4.69) is 6.92 Å². The van der Waals surface area contributed by atoms with Crippen LogP contribution < -0.4 is 0 Å². The number of hydrogen-bond donors (Lipinski definition) is 0. The Kier molecular flexibility index (Phi) is 12.0. The highest BCUT2D eigenvalue weighted by Crippen LogP contribution is 2.33. The maximum Gasteiger partial charge on any atom is 0.0789 e. The molecule has 0 spiro atoms. The molecular formula is C25H50N+. The number of piperidine rings is 3. The van der Waals surface area contributed by atoms with E-state index in [0.717, 1.165) is 5.92 Å². The molecule has 0 aromatic rings.